The molecule has 0 fully saturated rings. The van der Waals surface area contributed by atoms with Crippen molar-refractivity contribution in [2.45, 2.75) is 6.61 Å². The summed E-state index contributed by atoms with van der Waals surface area (Å²) in [5, 5.41) is 13.7. The van der Waals surface area contributed by atoms with E-state index in [0.29, 0.717) is 21.3 Å². The van der Waals surface area contributed by atoms with Gasteiger partial charge >= 0.3 is 0 Å². The number of rotatable bonds is 6. The third kappa shape index (κ3) is 6.10. The number of nitrogens with zero attached hydrogens (tertiary/aromatic N) is 1. The van der Waals surface area contributed by atoms with Gasteiger partial charge in [-0.25, -0.2) is 0 Å². The Morgan fingerprint density at radius 2 is 1.59 bits per heavy atom. The summed E-state index contributed by atoms with van der Waals surface area (Å²) in [6.07, 6.45) is 1.36. The topological polar surface area (TPSA) is 62.1 Å². The number of anilines is 1. The number of carbonyl (C=O) groups is 1. The summed E-state index contributed by atoms with van der Waals surface area (Å²) < 4.78 is 5.73. The van der Waals surface area contributed by atoms with Crippen LogP contribution in [0.1, 0.15) is 11.1 Å². The van der Waals surface area contributed by atoms with E-state index >= 15 is 0 Å². The number of carbonyl (C=O) groups excluding carboxylic acids is 1. The number of amides is 1. The molecule has 1 N–H and O–H groups in total. The molecule has 162 valence electrons. The molecule has 0 atom stereocenters. The van der Waals surface area contributed by atoms with E-state index in [9.17, 15) is 10.1 Å². The number of benzene rings is 3. The summed E-state index contributed by atoms with van der Waals surface area (Å²) in [5.74, 6) is -0.360. The Hall–Kier alpha value is -2.39. The second-order valence-electron chi connectivity index (χ2n) is 6.45. The Balaban J connectivity index is 1.78. The highest BCUT2D eigenvalue weighted by Crippen LogP contribution is 2.36. The maximum absolute atomic E-state index is 12.5. The molecule has 9 heteroatoms. The first-order valence-electron chi connectivity index (χ1n) is 9.02. The minimum atomic E-state index is -0.628. The van der Waals surface area contributed by atoms with Gasteiger partial charge in [0.2, 0.25) is 0 Å². The van der Waals surface area contributed by atoms with Crippen molar-refractivity contribution in [2.24, 2.45) is 0 Å². The Labute approximate surface area is 209 Å². The van der Waals surface area contributed by atoms with E-state index in [2.05, 4.69) is 5.32 Å². The monoisotopic (exact) mass is 524 g/mol. The van der Waals surface area contributed by atoms with Gasteiger partial charge in [0.15, 0.2) is 5.75 Å². The van der Waals surface area contributed by atoms with Gasteiger partial charge in [-0.1, -0.05) is 76.2 Å². The number of hydrogen-bond donors (Lipinski definition) is 1. The van der Waals surface area contributed by atoms with E-state index in [-0.39, 0.29) is 33.0 Å². The first-order chi connectivity index (χ1) is 15.3. The second kappa shape index (κ2) is 11.0. The fourth-order valence-corrected chi connectivity index (χ4v) is 3.76. The zero-order valence-electron chi connectivity index (χ0n) is 16.1. The Morgan fingerprint density at radius 3 is 2.22 bits per heavy atom. The van der Waals surface area contributed by atoms with Crippen LogP contribution in [0.25, 0.3) is 6.08 Å². The van der Waals surface area contributed by atoms with E-state index in [1.807, 2.05) is 24.3 Å². The predicted molar refractivity (Wildman–Crippen MR) is 131 cm³/mol. The fraction of sp³-hybridized carbons (Fsp3) is 0.0435. The average molecular weight is 527 g/mol. The minimum Gasteiger partial charge on any atom is -0.486 e. The van der Waals surface area contributed by atoms with Crippen molar-refractivity contribution in [1.82, 2.24) is 0 Å². The van der Waals surface area contributed by atoms with Crippen LogP contribution in [0.3, 0.4) is 0 Å². The quantitative estimate of drug-likeness (QED) is 0.261. The van der Waals surface area contributed by atoms with Crippen LogP contribution in [0, 0.1) is 11.3 Å². The molecule has 0 spiro atoms. The zero-order chi connectivity index (χ0) is 23.3. The van der Waals surface area contributed by atoms with Gasteiger partial charge < -0.3 is 10.1 Å². The van der Waals surface area contributed by atoms with Crippen molar-refractivity contribution in [2.75, 3.05) is 5.32 Å². The van der Waals surface area contributed by atoms with Crippen molar-refractivity contribution in [3.63, 3.8) is 0 Å². The lowest BCUT2D eigenvalue weighted by molar-refractivity contribution is -0.112. The summed E-state index contributed by atoms with van der Waals surface area (Å²) >= 11 is 30.6. The van der Waals surface area contributed by atoms with Crippen LogP contribution >= 0.6 is 58.0 Å². The molecule has 3 rings (SSSR count). The molecule has 0 saturated carbocycles. The number of halogens is 5. The fourth-order valence-electron chi connectivity index (χ4n) is 2.65. The van der Waals surface area contributed by atoms with Crippen LogP contribution in [0.2, 0.25) is 25.1 Å². The van der Waals surface area contributed by atoms with Crippen molar-refractivity contribution in [3.8, 4) is 11.8 Å². The molecular weight excluding hydrogens is 514 g/mol. The molecule has 4 nitrogen and oxygen atoms in total. The smallest absolute Gasteiger partial charge is 0.266 e. The number of hydrogen-bond acceptors (Lipinski definition) is 3. The summed E-state index contributed by atoms with van der Waals surface area (Å²) in [5.41, 5.74) is 1.46. The van der Waals surface area contributed by atoms with Crippen molar-refractivity contribution in [3.05, 3.63) is 96.4 Å². The summed E-state index contributed by atoms with van der Waals surface area (Å²) in [6, 6.07) is 16.8. The van der Waals surface area contributed by atoms with E-state index in [0.717, 1.165) is 5.56 Å². The molecule has 3 aromatic rings. The Bertz CT molecular complexity index is 1230. The maximum atomic E-state index is 12.5. The molecular formula is C23H13Cl5N2O2. The zero-order valence-corrected chi connectivity index (χ0v) is 19.9. The molecule has 32 heavy (non-hydrogen) atoms. The predicted octanol–water partition coefficient (Wildman–Crippen LogP) is 8.08. The van der Waals surface area contributed by atoms with Gasteiger partial charge in [-0.2, -0.15) is 5.26 Å². The molecule has 3 aromatic carbocycles. The lowest BCUT2D eigenvalue weighted by Crippen LogP contribution is -2.13. The average Bonchev–Trinajstić information content (AvgIpc) is 2.75. The highest BCUT2D eigenvalue weighted by Gasteiger charge is 2.14. The van der Waals surface area contributed by atoms with Crippen LogP contribution in [0.4, 0.5) is 5.69 Å². The summed E-state index contributed by atoms with van der Waals surface area (Å²) in [6.45, 7) is 0.170. The molecule has 0 heterocycles. The largest absolute Gasteiger partial charge is 0.486 e. The van der Waals surface area contributed by atoms with Gasteiger partial charge in [-0.15, -0.1) is 0 Å². The van der Waals surface area contributed by atoms with E-state index in [1.165, 1.54) is 18.2 Å². The number of nitriles is 1. The summed E-state index contributed by atoms with van der Waals surface area (Å²) in [7, 11) is 0. The van der Waals surface area contributed by atoms with Crippen molar-refractivity contribution >= 4 is 75.7 Å². The standard InChI is InChI=1S/C23H13Cl5N2O2/c24-17-4-2-1-3-14(17)12-32-22-20(27)8-13(9-21(22)28)7-15(11-29)23(31)30-16-5-6-18(25)19(26)10-16/h1-10H,12H2,(H,30,31)/b15-7+. The van der Waals surface area contributed by atoms with E-state index in [1.54, 1.807) is 24.3 Å². The Kier molecular flexibility index (Phi) is 8.31. The van der Waals surface area contributed by atoms with E-state index in [4.69, 9.17) is 62.7 Å². The highest BCUT2D eigenvalue weighted by atomic mass is 35.5. The van der Waals surface area contributed by atoms with Gasteiger partial charge in [-0.3, -0.25) is 4.79 Å². The normalized spacial score (nSPS) is 11.1. The molecule has 0 aliphatic rings. The molecule has 0 bridgehead atoms. The van der Waals surface area contributed by atoms with Crippen LogP contribution in [-0.4, -0.2) is 5.91 Å². The lowest BCUT2D eigenvalue weighted by atomic mass is 10.1. The van der Waals surface area contributed by atoms with E-state index < -0.39 is 5.91 Å². The second-order valence-corrected chi connectivity index (χ2v) is 8.48. The minimum absolute atomic E-state index is 0.159. The van der Waals surface area contributed by atoms with Gasteiger partial charge in [0.25, 0.3) is 5.91 Å². The third-order valence-electron chi connectivity index (χ3n) is 4.20. The molecule has 0 saturated heterocycles. The molecule has 0 aliphatic heterocycles. The molecule has 0 unspecified atom stereocenters. The Morgan fingerprint density at radius 1 is 0.906 bits per heavy atom. The molecule has 0 radical (unpaired) electrons. The third-order valence-corrected chi connectivity index (χ3v) is 5.87. The lowest BCUT2D eigenvalue weighted by Gasteiger charge is -2.12. The number of ether oxygens (including phenoxy) is 1. The number of nitrogens with one attached hydrogen (secondary N) is 1. The summed E-state index contributed by atoms with van der Waals surface area (Å²) in [4.78, 5) is 12.5. The van der Waals surface area contributed by atoms with Gasteiger partial charge in [-0.05, 0) is 48.0 Å². The van der Waals surface area contributed by atoms with Gasteiger partial charge in [0, 0.05) is 16.3 Å². The van der Waals surface area contributed by atoms with Crippen LogP contribution in [0.15, 0.2) is 60.2 Å². The SMILES string of the molecule is N#C/C(=C\c1cc(Cl)c(OCc2ccccc2Cl)c(Cl)c1)C(=O)Nc1ccc(Cl)c(Cl)c1. The van der Waals surface area contributed by atoms with Crippen LogP contribution < -0.4 is 10.1 Å². The van der Waals surface area contributed by atoms with Gasteiger partial charge in [0.05, 0.1) is 20.1 Å². The first kappa shape index (κ1) is 24.3. The van der Waals surface area contributed by atoms with Gasteiger partial charge in [0.1, 0.15) is 18.2 Å². The first-order valence-corrected chi connectivity index (χ1v) is 10.9. The molecule has 0 aliphatic carbocycles. The van der Waals surface area contributed by atoms with Crippen molar-refractivity contribution < 1.29 is 9.53 Å². The highest BCUT2D eigenvalue weighted by molar-refractivity contribution is 6.42. The molecule has 0 aromatic heterocycles. The molecule has 1 amide bonds. The van der Waals surface area contributed by atoms with Crippen LogP contribution in [0.5, 0.6) is 5.75 Å². The van der Waals surface area contributed by atoms with Crippen molar-refractivity contribution in [1.29, 1.82) is 5.26 Å². The maximum Gasteiger partial charge on any atom is 0.266 e. The van der Waals surface area contributed by atoms with Crippen LogP contribution in [-0.2, 0) is 11.4 Å².